The number of amides is 1. The molecule has 0 aliphatic heterocycles. The second-order valence-electron chi connectivity index (χ2n) is 4.89. The molecule has 0 spiro atoms. The van der Waals surface area contributed by atoms with Gasteiger partial charge >= 0.3 is 6.36 Å². The van der Waals surface area contributed by atoms with Crippen LogP contribution in [0, 0.1) is 0 Å². The molecule has 2 rings (SSSR count). The molecule has 0 saturated heterocycles. The third-order valence-corrected chi connectivity index (χ3v) is 3.03. The van der Waals surface area contributed by atoms with Crippen LogP contribution in [0.15, 0.2) is 48.5 Å². The fraction of sp³-hybridized carbons (Fsp3) is 0.235. The molecule has 0 aliphatic rings. The molecule has 0 bridgehead atoms. The summed E-state index contributed by atoms with van der Waals surface area (Å²) in [5.41, 5.74) is 0.365. The molecular formula is C17H16F3NO4. The number of halogens is 3. The molecule has 0 heterocycles. The highest BCUT2D eigenvalue weighted by Crippen LogP contribution is 2.24. The maximum atomic E-state index is 12.1. The lowest BCUT2D eigenvalue weighted by Gasteiger charge is -2.10. The third kappa shape index (κ3) is 6.62. The Morgan fingerprint density at radius 3 is 2.08 bits per heavy atom. The van der Waals surface area contributed by atoms with Gasteiger partial charge in [0.05, 0.1) is 20.1 Å². The van der Waals surface area contributed by atoms with Crippen LogP contribution < -0.4 is 19.5 Å². The van der Waals surface area contributed by atoms with E-state index in [-0.39, 0.29) is 24.7 Å². The fourth-order valence-electron chi connectivity index (χ4n) is 1.90. The first-order chi connectivity index (χ1) is 11.9. The van der Waals surface area contributed by atoms with E-state index >= 15 is 0 Å². The van der Waals surface area contributed by atoms with Crippen molar-refractivity contribution in [1.82, 2.24) is 0 Å². The van der Waals surface area contributed by atoms with E-state index in [4.69, 9.17) is 9.47 Å². The number of hydrogen-bond donors (Lipinski definition) is 1. The van der Waals surface area contributed by atoms with E-state index in [2.05, 4.69) is 10.1 Å². The highest BCUT2D eigenvalue weighted by atomic mass is 19.4. The first-order valence-electron chi connectivity index (χ1n) is 7.28. The number of methoxy groups -OCH3 is 1. The number of ether oxygens (including phenoxy) is 3. The van der Waals surface area contributed by atoms with Gasteiger partial charge in [-0.1, -0.05) is 0 Å². The molecule has 2 aromatic carbocycles. The number of nitrogens with one attached hydrogen (secondary N) is 1. The first-order valence-corrected chi connectivity index (χ1v) is 7.28. The zero-order valence-electron chi connectivity index (χ0n) is 13.3. The molecule has 0 aromatic heterocycles. The predicted molar refractivity (Wildman–Crippen MR) is 84.9 cm³/mol. The Balaban J connectivity index is 1.76. The Bertz CT molecular complexity index is 685. The molecule has 2 aromatic rings. The Labute approximate surface area is 142 Å². The minimum Gasteiger partial charge on any atom is -0.497 e. The van der Waals surface area contributed by atoms with Crippen molar-refractivity contribution in [2.24, 2.45) is 0 Å². The monoisotopic (exact) mass is 355 g/mol. The lowest BCUT2D eigenvalue weighted by atomic mass is 10.3. The largest absolute Gasteiger partial charge is 0.573 e. The van der Waals surface area contributed by atoms with Crippen LogP contribution in [0.2, 0.25) is 0 Å². The number of carbonyl (C=O) groups excluding carboxylic acids is 1. The van der Waals surface area contributed by atoms with Gasteiger partial charge in [0, 0.05) is 5.69 Å². The molecule has 0 unspecified atom stereocenters. The van der Waals surface area contributed by atoms with E-state index < -0.39 is 6.36 Å². The van der Waals surface area contributed by atoms with Crippen molar-refractivity contribution >= 4 is 11.6 Å². The zero-order valence-corrected chi connectivity index (χ0v) is 13.3. The van der Waals surface area contributed by atoms with Crippen LogP contribution >= 0.6 is 0 Å². The first kappa shape index (κ1) is 18.4. The SMILES string of the molecule is COc1ccc(OCCC(=O)Nc2ccc(OC(F)(F)F)cc2)cc1. The summed E-state index contributed by atoms with van der Waals surface area (Å²) in [6.07, 6.45) is -4.66. The number of rotatable bonds is 7. The van der Waals surface area contributed by atoms with Crippen LogP contribution in [0.3, 0.4) is 0 Å². The maximum absolute atomic E-state index is 12.1. The van der Waals surface area contributed by atoms with Crippen LogP contribution in [0.5, 0.6) is 17.2 Å². The van der Waals surface area contributed by atoms with Crippen LogP contribution in [-0.2, 0) is 4.79 Å². The Hall–Kier alpha value is -2.90. The van der Waals surface area contributed by atoms with Crippen LogP contribution in [-0.4, -0.2) is 26.0 Å². The van der Waals surface area contributed by atoms with E-state index in [0.29, 0.717) is 17.2 Å². The number of hydrogen-bond acceptors (Lipinski definition) is 4. The van der Waals surface area contributed by atoms with Gasteiger partial charge in [-0.05, 0) is 48.5 Å². The maximum Gasteiger partial charge on any atom is 0.573 e. The fourth-order valence-corrected chi connectivity index (χ4v) is 1.90. The van der Waals surface area contributed by atoms with Gasteiger partial charge in [-0.15, -0.1) is 13.2 Å². The highest BCUT2D eigenvalue weighted by molar-refractivity contribution is 5.90. The Morgan fingerprint density at radius 1 is 0.960 bits per heavy atom. The van der Waals surface area contributed by atoms with E-state index in [1.807, 2.05) is 0 Å². The molecule has 0 fully saturated rings. The normalized spacial score (nSPS) is 10.9. The van der Waals surface area contributed by atoms with Crippen molar-refractivity contribution in [3.63, 3.8) is 0 Å². The average molecular weight is 355 g/mol. The molecule has 5 nitrogen and oxygen atoms in total. The molecule has 1 amide bonds. The second-order valence-corrected chi connectivity index (χ2v) is 4.89. The van der Waals surface area contributed by atoms with Gasteiger partial charge in [0.15, 0.2) is 0 Å². The van der Waals surface area contributed by atoms with E-state index in [1.54, 1.807) is 31.4 Å². The zero-order chi connectivity index (χ0) is 18.3. The van der Waals surface area contributed by atoms with Crippen molar-refractivity contribution in [2.75, 3.05) is 19.0 Å². The quantitative estimate of drug-likeness (QED) is 0.816. The lowest BCUT2D eigenvalue weighted by molar-refractivity contribution is -0.274. The topological polar surface area (TPSA) is 56.8 Å². The van der Waals surface area contributed by atoms with Gasteiger partial charge < -0.3 is 19.5 Å². The van der Waals surface area contributed by atoms with Crippen LogP contribution in [0.4, 0.5) is 18.9 Å². The van der Waals surface area contributed by atoms with Crippen LogP contribution in [0.1, 0.15) is 6.42 Å². The summed E-state index contributed by atoms with van der Waals surface area (Å²) in [6.45, 7) is 0.160. The summed E-state index contributed by atoms with van der Waals surface area (Å²) in [6, 6.07) is 11.8. The lowest BCUT2D eigenvalue weighted by Crippen LogP contribution is -2.17. The van der Waals surface area contributed by atoms with Gasteiger partial charge in [-0.25, -0.2) is 0 Å². The van der Waals surface area contributed by atoms with Crippen molar-refractivity contribution in [3.05, 3.63) is 48.5 Å². The minimum absolute atomic E-state index is 0.0901. The van der Waals surface area contributed by atoms with Crippen molar-refractivity contribution in [1.29, 1.82) is 0 Å². The molecule has 0 atom stereocenters. The molecule has 1 N–H and O–H groups in total. The standard InChI is InChI=1S/C17H16F3NO4/c1-23-13-6-8-14(9-7-13)24-11-10-16(22)21-12-2-4-15(5-3-12)25-17(18,19)20/h2-9H,10-11H2,1H3,(H,21,22). The van der Waals surface area contributed by atoms with Crippen molar-refractivity contribution < 1.29 is 32.2 Å². The Kier molecular flexibility index (Phi) is 6.10. The Morgan fingerprint density at radius 2 is 1.52 bits per heavy atom. The summed E-state index contributed by atoms with van der Waals surface area (Å²) in [5.74, 6) is 0.622. The number of alkyl halides is 3. The van der Waals surface area contributed by atoms with Gasteiger partial charge in [0.25, 0.3) is 0 Å². The summed E-state index contributed by atoms with van der Waals surface area (Å²) in [4.78, 5) is 11.8. The van der Waals surface area contributed by atoms with E-state index in [9.17, 15) is 18.0 Å². The summed E-state index contributed by atoms with van der Waals surface area (Å²) in [7, 11) is 1.56. The molecule has 8 heteroatoms. The van der Waals surface area contributed by atoms with Gasteiger partial charge in [-0.2, -0.15) is 0 Å². The average Bonchev–Trinajstić information content (AvgIpc) is 2.56. The third-order valence-electron chi connectivity index (χ3n) is 3.03. The molecule has 0 saturated carbocycles. The predicted octanol–water partition coefficient (Wildman–Crippen LogP) is 4.00. The van der Waals surface area contributed by atoms with Gasteiger partial charge in [0.2, 0.25) is 5.91 Å². The minimum atomic E-state index is -4.75. The number of benzene rings is 2. The number of carbonyl (C=O) groups is 1. The van der Waals surface area contributed by atoms with Gasteiger partial charge in [0.1, 0.15) is 17.2 Å². The summed E-state index contributed by atoms with van der Waals surface area (Å²) >= 11 is 0. The van der Waals surface area contributed by atoms with Crippen LogP contribution in [0.25, 0.3) is 0 Å². The molecule has 0 radical (unpaired) electrons. The van der Waals surface area contributed by atoms with Crippen molar-refractivity contribution in [3.8, 4) is 17.2 Å². The summed E-state index contributed by atoms with van der Waals surface area (Å²) < 4.78 is 50.4. The summed E-state index contributed by atoms with van der Waals surface area (Å²) in [5, 5.41) is 2.56. The molecule has 0 aliphatic carbocycles. The molecule has 134 valence electrons. The smallest absolute Gasteiger partial charge is 0.497 e. The highest BCUT2D eigenvalue weighted by Gasteiger charge is 2.30. The van der Waals surface area contributed by atoms with Gasteiger partial charge in [-0.3, -0.25) is 4.79 Å². The van der Waals surface area contributed by atoms with E-state index in [0.717, 1.165) is 12.1 Å². The number of anilines is 1. The van der Waals surface area contributed by atoms with Crippen molar-refractivity contribution in [2.45, 2.75) is 12.8 Å². The van der Waals surface area contributed by atoms with E-state index in [1.165, 1.54) is 12.1 Å². The molecule has 25 heavy (non-hydrogen) atoms. The molecular weight excluding hydrogens is 339 g/mol. The second kappa shape index (κ2) is 8.27.